The number of rotatable bonds is 4. The number of imidazole rings is 1. The van der Waals surface area contributed by atoms with Gasteiger partial charge in [-0.2, -0.15) is 0 Å². The van der Waals surface area contributed by atoms with Crippen LogP contribution in [0.2, 0.25) is 0 Å². The van der Waals surface area contributed by atoms with Crippen molar-refractivity contribution in [1.29, 1.82) is 0 Å². The van der Waals surface area contributed by atoms with Gasteiger partial charge in [0.15, 0.2) is 0 Å². The standard InChI is InChI=1S/C17H18N6O/c1-2-5-19-16(4-1)24-12-14-9-22(17-20-6-3-7-21-17)11-15-8-18-13-23(15)10-14/h1-8,13-14H,9-12H2/t14-/m0/s1. The van der Waals surface area contributed by atoms with E-state index < -0.39 is 0 Å². The van der Waals surface area contributed by atoms with Gasteiger partial charge in [-0.3, -0.25) is 0 Å². The lowest BCUT2D eigenvalue weighted by Crippen LogP contribution is -2.32. The van der Waals surface area contributed by atoms with E-state index in [2.05, 4.69) is 29.4 Å². The summed E-state index contributed by atoms with van der Waals surface area (Å²) >= 11 is 0. The molecule has 0 spiro atoms. The van der Waals surface area contributed by atoms with E-state index >= 15 is 0 Å². The van der Waals surface area contributed by atoms with E-state index in [4.69, 9.17) is 4.74 Å². The number of hydrogen-bond acceptors (Lipinski definition) is 6. The number of anilines is 1. The molecule has 0 saturated carbocycles. The van der Waals surface area contributed by atoms with Crippen LogP contribution in [-0.2, 0) is 13.1 Å². The smallest absolute Gasteiger partial charge is 0.225 e. The first-order valence-corrected chi connectivity index (χ1v) is 7.93. The molecule has 0 aliphatic carbocycles. The van der Waals surface area contributed by atoms with Crippen LogP contribution in [0.4, 0.5) is 5.95 Å². The highest BCUT2D eigenvalue weighted by molar-refractivity contribution is 5.30. The van der Waals surface area contributed by atoms with E-state index in [0.717, 1.165) is 31.3 Å². The second kappa shape index (κ2) is 6.66. The number of hydrogen-bond donors (Lipinski definition) is 0. The van der Waals surface area contributed by atoms with Crippen molar-refractivity contribution in [3.8, 4) is 5.88 Å². The monoisotopic (exact) mass is 322 g/mol. The minimum Gasteiger partial charge on any atom is -0.477 e. The van der Waals surface area contributed by atoms with Crippen molar-refractivity contribution < 1.29 is 4.74 Å². The van der Waals surface area contributed by atoms with Gasteiger partial charge in [-0.15, -0.1) is 0 Å². The molecule has 24 heavy (non-hydrogen) atoms. The van der Waals surface area contributed by atoms with Gasteiger partial charge in [0.1, 0.15) is 0 Å². The Labute approximate surface area is 140 Å². The van der Waals surface area contributed by atoms with Crippen LogP contribution in [-0.4, -0.2) is 37.7 Å². The fraction of sp³-hybridized carbons (Fsp3) is 0.294. The Morgan fingerprint density at radius 2 is 1.92 bits per heavy atom. The molecule has 0 N–H and O–H groups in total. The highest BCUT2D eigenvalue weighted by Crippen LogP contribution is 2.20. The van der Waals surface area contributed by atoms with Crippen LogP contribution in [0, 0.1) is 5.92 Å². The lowest BCUT2D eigenvalue weighted by molar-refractivity contribution is 0.229. The molecule has 3 aromatic heterocycles. The minimum atomic E-state index is 0.284. The number of pyridine rings is 1. The Morgan fingerprint density at radius 3 is 2.75 bits per heavy atom. The molecule has 0 fully saturated rings. The van der Waals surface area contributed by atoms with Crippen molar-refractivity contribution in [2.24, 2.45) is 5.92 Å². The Hall–Kier alpha value is -2.96. The van der Waals surface area contributed by atoms with Gasteiger partial charge in [-0.05, 0) is 12.1 Å². The molecule has 0 radical (unpaired) electrons. The third-order valence-electron chi connectivity index (χ3n) is 4.02. The summed E-state index contributed by atoms with van der Waals surface area (Å²) in [5, 5.41) is 0. The average Bonchev–Trinajstić information content (AvgIpc) is 2.99. The summed E-state index contributed by atoms with van der Waals surface area (Å²) in [6.07, 6.45) is 9.05. The van der Waals surface area contributed by atoms with Gasteiger partial charge in [0.05, 0.1) is 25.2 Å². The second-order valence-corrected chi connectivity index (χ2v) is 5.81. The molecular weight excluding hydrogens is 304 g/mol. The van der Waals surface area contributed by atoms with Gasteiger partial charge < -0.3 is 14.2 Å². The molecule has 122 valence electrons. The predicted molar refractivity (Wildman–Crippen MR) is 88.5 cm³/mol. The lowest BCUT2D eigenvalue weighted by atomic mass is 10.1. The number of aromatic nitrogens is 5. The van der Waals surface area contributed by atoms with Crippen molar-refractivity contribution in [1.82, 2.24) is 24.5 Å². The quantitative estimate of drug-likeness (QED) is 0.729. The van der Waals surface area contributed by atoms with Crippen LogP contribution >= 0.6 is 0 Å². The molecule has 1 atom stereocenters. The molecule has 3 aromatic rings. The average molecular weight is 322 g/mol. The minimum absolute atomic E-state index is 0.284. The van der Waals surface area contributed by atoms with Crippen LogP contribution < -0.4 is 9.64 Å². The van der Waals surface area contributed by atoms with Crippen LogP contribution in [0.1, 0.15) is 5.69 Å². The summed E-state index contributed by atoms with van der Waals surface area (Å²) in [7, 11) is 0. The highest BCUT2D eigenvalue weighted by atomic mass is 16.5. The summed E-state index contributed by atoms with van der Waals surface area (Å²) in [5.41, 5.74) is 1.16. The molecule has 7 nitrogen and oxygen atoms in total. The van der Waals surface area contributed by atoms with Crippen molar-refractivity contribution in [2.75, 3.05) is 18.1 Å². The van der Waals surface area contributed by atoms with E-state index in [1.807, 2.05) is 36.8 Å². The third-order valence-corrected chi connectivity index (χ3v) is 4.02. The largest absolute Gasteiger partial charge is 0.477 e. The lowest BCUT2D eigenvalue weighted by Gasteiger charge is -2.23. The van der Waals surface area contributed by atoms with Crippen molar-refractivity contribution >= 4 is 5.95 Å². The summed E-state index contributed by atoms with van der Waals surface area (Å²) in [6, 6.07) is 7.50. The molecule has 0 amide bonds. The van der Waals surface area contributed by atoms with Crippen molar-refractivity contribution in [2.45, 2.75) is 13.1 Å². The topological polar surface area (TPSA) is 69.0 Å². The van der Waals surface area contributed by atoms with Crippen LogP contribution in [0.3, 0.4) is 0 Å². The third kappa shape index (κ3) is 3.19. The molecule has 4 heterocycles. The first-order chi connectivity index (χ1) is 11.9. The van der Waals surface area contributed by atoms with E-state index in [1.54, 1.807) is 18.6 Å². The van der Waals surface area contributed by atoms with Gasteiger partial charge in [0.2, 0.25) is 11.8 Å². The van der Waals surface area contributed by atoms with Gasteiger partial charge in [-0.25, -0.2) is 19.9 Å². The molecule has 0 saturated heterocycles. The summed E-state index contributed by atoms with van der Waals surface area (Å²) in [5.74, 6) is 1.66. The maximum absolute atomic E-state index is 5.86. The second-order valence-electron chi connectivity index (χ2n) is 5.81. The van der Waals surface area contributed by atoms with E-state index in [1.165, 1.54) is 0 Å². The molecular formula is C17H18N6O. The molecule has 1 aliphatic heterocycles. The molecule has 7 heteroatoms. The molecule has 0 aromatic carbocycles. The first kappa shape index (κ1) is 14.6. The summed E-state index contributed by atoms with van der Waals surface area (Å²) < 4.78 is 8.04. The Bertz CT molecular complexity index is 776. The van der Waals surface area contributed by atoms with Crippen LogP contribution in [0.5, 0.6) is 5.88 Å². The Balaban J connectivity index is 1.53. The van der Waals surface area contributed by atoms with Crippen LogP contribution in [0.25, 0.3) is 0 Å². The normalized spacial score (nSPS) is 17.2. The maximum Gasteiger partial charge on any atom is 0.225 e. The first-order valence-electron chi connectivity index (χ1n) is 7.93. The molecule has 4 rings (SSSR count). The number of ether oxygens (including phenoxy) is 1. The van der Waals surface area contributed by atoms with E-state index in [9.17, 15) is 0 Å². The zero-order valence-electron chi connectivity index (χ0n) is 13.2. The van der Waals surface area contributed by atoms with E-state index in [0.29, 0.717) is 12.5 Å². The zero-order valence-corrected chi connectivity index (χ0v) is 13.2. The van der Waals surface area contributed by atoms with Gasteiger partial charge in [-0.1, -0.05) is 6.07 Å². The number of fused-ring (bicyclic) bond motifs is 1. The molecule has 1 aliphatic rings. The van der Waals surface area contributed by atoms with E-state index in [-0.39, 0.29) is 5.92 Å². The van der Waals surface area contributed by atoms with Crippen LogP contribution in [0.15, 0.2) is 55.4 Å². The SMILES string of the molecule is c1ccc(OC[C@H]2CN(c3ncccn3)Cc3cncn3C2)nc1. The zero-order chi connectivity index (χ0) is 16.2. The number of nitrogens with zero attached hydrogens (tertiary/aromatic N) is 6. The fourth-order valence-electron chi connectivity index (χ4n) is 2.90. The maximum atomic E-state index is 5.86. The fourth-order valence-corrected chi connectivity index (χ4v) is 2.90. The van der Waals surface area contributed by atoms with Gasteiger partial charge >= 0.3 is 0 Å². The van der Waals surface area contributed by atoms with Gasteiger partial charge in [0, 0.05) is 49.9 Å². The predicted octanol–water partition coefficient (Wildman–Crippen LogP) is 1.78. The highest BCUT2D eigenvalue weighted by Gasteiger charge is 2.24. The summed E-state index contributed by atoms with van der Waals surface area (Å²) in [4.78, 5) is 19.4. The molecule has 0 bridgehead atoms. The van der Waals surface area contributed by atoms with Crippen molar-refractivity contribution in [3.05, 3.63) is 61.1 Å². The Morgan fingerprint density at radius 1 is 1.04 bits per heavy atom. The summed E-state index contributed by atoms with van der Waals surface area (Å²) in [6.45, 7) is 2.99. The van der Waals surface area contributed by atoms with Crippen molar-refractivity contribution in [3.63, 3.8) is 0 Å². The molecule has 0 unspecified atom stereocenters. The van der Waals surface area contributed by atoms with Gasteiger partial charge in [0.25, 0.3) is 0 Å². The Kier molecular flexibility index (Phi) is 4.05.